The molecule has 4 rings (SSSR count). The Morgan fingerprint density at radius 3 is 2.55 bits per heavy atom. The second kappa shape index (κ2) is 7.72. The van der Waals surface area contributed by atoms with E-state index in [1.54, 1.807) is 12.4 Å². The van der Waals surface area contributed by atoms with E-state index in [9.17, 15) is 5.26 Å². The molecule has 3 aromatic rings. The van der Waals surface area contributed by atoms with Crippen molar-refractivity contribution in [3.63, 3.8) is 0 Å². The third-order valence-corrected chi connectivity index (χ3v) is 7.00. The van der Waals surface area contributed by atoms with Crippen LogP contribution in [0.3, 0.4) is 0 Å². The summed E-state index contributed by atoms with van der Waals surface area (Å²) in [4.78, 5) is 4.26. The number of nitrogens with zero attached hydrogens (tertiary/aromatic N) is 3. The number of aryl methyl sites for hydroxylation is 1. The van der Waals surface area contributed by atoms with Crippen LogP contribution in [-0.2, 0) is 0 Å². The minimum atomic E-state index is 0.460. The molecule has 2 heterocycles. The van der Waals surface area contributed by atoms with Gasteiger partial charge in [0.05, 0.1) is 28.5 Å². The summed E-state index contributed by atoms with van der Waals surface area (Å²) < 4.78 is 2.40. The van der Waals surface area contributed by atoms with Crippen LogP contribution in [0.2, 0.25) is 5.02 Å². The van der Waals surface area contributed by atoms with E-state index in [2.05, 4.69) is 41.7 Å². The average Bonchev–Trinajstić information content (AvgIpc) is 3.07. The van der Waals surface area contributed by atoms with Crippen molar-refractivity contribution in [2.24, 2.45) is 11.8 Å². The fourth-order valence-corrected chi connectivity index (χ4v) is 4.93. The fourth-order valence-electron chi connectivity index (χ4n) is 4.73. The minimum absolute atomic E-state index is 0.460. The second-order valence-electron chi connectivity index (χ2n) is 8.65. The Labute approximate surface area is 177 Å². The van der Waals surface area contributed by atoms with E-state index < -0.39 is 0 Å². The zero-order valence-electron chi connectivity index (χ0n) is 17.2. The lowest BCUT2D eigenvalue weighted by molar-refractivity contribution is 0.228. The van der Waals surface area contributed by atoms with Gasteiger partial charge in [-0.25, -0.2) is 0 Å². The van der Waals surface area contributed by atoms with Crippen LogP contribution in [0.1, 0.15) is 56.7 Å². The Hall–Kier alpha value is -2.51. The lowest BCUT2D eigenvalue weighted by Crippen LogP contribution is -2.20. The van der Waals surface area contributed by atoms with Gasteiger partial charge in [-0.1, -0.05) is 25.4 Å². The molecule has 2 aromatic heterocycles. The van der Waals surface area contributed by atoms with Crippen molar-refractivity contribution in [2.75, 3.05) is 5.73 Å². The molecule has 29 heavy (non-hydrogen) atoms. The van der Waals surface area contributed by atoms with Crippen LogP contribution >= 0.6 is 11.6 Å². The Bertz CT molecular complexity index is 1100. The van der Waals surface area contributed by atoms with E-state index in [0.717, 1.165) is 39.4 Å². The lowest BCUT2D eigenvalue weighted by atomic mass is 9.79. The topological polar surface area (TPSA) is 67.6 Å². The Balaban J connectivity index is 1.87. The largest absolute Gasteiger partial charge is 0.396 e. The number of nitrogens with two attached hydrogens (primary N) is 1. The van der Waals surface area contributed by atoms with E-state index in [4.69, 9.17) is 17.3 Å². The van der Waals surface area contributed by atoms with Crippen LogP contribution in [0.5, 0.6) is 0 Å². The first-order chi connectivity index (χ1) is 13.9. The summed E-state index contributed by atoms with van der Waals surface area (Å²) in [5.41, 5.74) is 11.1. The van der Waals surface area contributed by atoms with E-state index in [-0.39, 0.29) is 0 Å². The number of pyridine rings is 1. The smallest absolute Gasteiger partial charge is 0.0994 e. The summed E-state index contributed by atoms with van der Waals surface area (Å²) in [5.74, 6) is 1.55. The quantitative estimate of drug-likeness (QED) is 0.539. The maximum absolute atomic E-state index is 9.56. The first-order valence-corrected chi connectivity index (χ1v) is 10.7. The standard InChI is InChI=1S/C24H27ClN4/c1-14(2)16-4-6-18(7-5-16)29-13-21(20-11-28-12-22(27)24(20)25)19-9-17(10-26)15(3)8-23(19)29/h8-9,11-14,16,18H,4-7,27H2,1-3H3. The number of benzene rings is 1. The molecule has 0 amide bonds. The van der Waals surface area contributed by atoms with Crippen molar-refractivity contribution in [3.8, 4) is 17.2 Å². The normalized spacial score (nSPS) is 19.6. The van der Waals surface area contributed by atoms with Crippen molar-refractivity contribution in [1.82, 2.24) is 9.55 Å². The van der Waals surface area contributed by atoms with Gasteiger partial charge in [0.2, 0.25) is 0 Å². The molecule has 0 saturated heterocycles. The molecule has 4 nitrogen and oxygen atoms in total. The molecule has 0 radical (unpaired) electrons. The molecule has 1 saturated carbocycles. The maximum Gasteiger partial charge on any atom is 0.0994 e. The third kappa shape index (κ3) is 3.49. The van der Waals surface area contributed by atoms with Gasteiger partial charge in [-0.15, -0.1) is 0 Å². The molecule has 1 fully saturated rings. The van der Waals surface area contributed by atoms with Crippen molar-refractivity contribution in [1.29, 1.82) is 5.26 Å². The number of nitrogen functional groups attached to an aromatic ring is 1. The molecule has 150 valence electrons. The predicted molar refractivity (Wildman–Crippen MR) is 120 cm³/mol. The Morgan fingerprint density at radius 1 is 1.17 bits per heavy atom. The number of nitriles is 1. The highest BCUT2D eigenvalue weighted by Gasteiger charge is 2.26. The first-order valence-electron chi connectivity index (χ1n) is 10.3. The zero-order chi connectivity index (χ0) is 20.7. The maximum atomic E-state index is 9.56. The molecule has 0 aliphatic heterocycles. The number of anilines is 1. The lowest BCUT2D eigenvalue weighted by Gasteiger charge is -2.32. The molecule has 1 aliphatic carbocycles. The van der Waals surface area contributed by atoms with Crippen LogP contribution in [0.15, 0.2) is 30.7 Å². The first kappa shape index (κ1) is 19.8. The zero-order valence-corrected chi connectivity index (χ0v) is 18.0. The van der Waals surface area contributed by atoms with Gasteiger partial charge in [0.15, 0.2) is 0 Å². The number of fused-ring (bicyclic) bond motifs is 1. The van der Waals surface area contributed by atoms with Gasteiger partial charge in [0, 0.05) is 40.5 Å². The van der Waals surface area contributed by atoms with Gasteiger partial charge < -0.3 is 10.3 Å². The van der Waals surface area contributed by atoms with E-state index in [0.29, 0.717) is 22.3 Å². The molecule has 1 aromatic carbocycles. The molecular weight excluding hydrogens is 380 g/mol. The summed E-state index contributed by atoms with van der Waals surface area (Å²) in [7, 11) is 0. The van der Waals surface area contributed by atoms with Gasteiger partial charge >= 0.3 is 0 Å². The van der Waals surface area contributed by atoms with Gasteiger partial charge in [-0.2, -0.15) is 5.26 Å². The van der Waals surface area contributed by atoms with E-state index >= 15 is 0 Å². The number of aromatic nitrogens is 2. The molecule has 2 N–H and O–H groups in total. The van der Waals surface area contributed by atoms with E-state index in [1.165, 1.54) is 25.7 Å². The van der Waals surface area contributed by atoms with Crippen molar-refractivity contribution < 1.29 is 0 Å². The van der Waals surface area contributed by atoms with Gasteiger partial charge in [-0.3, -0.25) is 4.98 Å². The highest BCUT2D eigenvalue weighted by Crippen LogP contribution is 2.42. The molecule has 0 bridgehead atoms. The van der Waals surface area contributed by atoms with Crippen molar-refractivity contribution in [2.45, 2.75) is 52.5 Å². The summed E-state index contributed by atoms with van der Waals surface area (Å²) in [6.45, 7) is 6.66. The highest BCUT2D eigenvalue weighted by molar-refractivity contribution is 6.36. The predicted octanol–water partition coefficient (Wildman–Crippen LogP) is 6.51. The fraction of sp³-hybridized carbons (Fsp3) is 0.417. The number of hydrogen-bond donors (Lipinski definition) is 1. The SMILES string of the molecule is Cc1cc2c(cc1C#N)c(-c1cncc(N)c1Cl)cn2C1CCC(C(C)C)CC1. The molecule has 0 atom stereocenters. The number of hydrogen-bond acceptors (Lipinski definition) is 3. The van der Waals surface area contributed by atoms with E-state index in [1.807, 2.05) is 13.0 Å². The van der Waals surface area contributed by atoms with Crippen LogP contribution < -0.4 is 5.73 Å². The van der Waals surface area contributed by atoms with Crippen LogP contribution in [-0.4, -0.2) is 9.55 Å². The van der Waals surface area contributed by atoms with Crippen molar-refractivity contribution >= 4 is 28.2 Å². The summed E-state index contributed by atoms with van der Waals surface area (Å²) >= 11 is 6.54. The average molecular weight is 407 g/mol. The van der Waals surface area contributed by atoms with Crippen molar-refractivity contribution in [3.05, 3.63) is 46.9 Å². The van der Waals surface area contributed by atoms with Gasteiger partial charge in [0.1, 0.15) is 0 Å². The summed E-state index contributed by atoms with van der Waals surface area (Å²) in [6, 6.07) is 6.90. The molecule has 0 spiro atoms. The molecular formula is C24H27ClN4. The summed E-state index contributed by atoms with van der Waals surface area (Å²) in [6.07, 6.45) is 10.4. The number of rotatable bonds is 3. The molecule has 0 unspecified atom stereocenters. The monoisotopic (exact) mass is 406 g/mol. The number of halogens is 1. The van der Waals surface area contributed by atoms with Gasteiger partial charge in [0.25, 0.3) is 0 Å². The Kier molecular flexibility index (Phi) is 5.27. The summed E-state index contributed by atoms with van der Waals surface area (Å²) in [5, 5.41) is 11.1. The third-order valence-electron chi connectivity index (χ3n) is 6.57. The second-order valence-corrected chi connectivity index (χ2v) is 9.03. The molecule has 5 heteroatoms. The van der Waals surface area contributed by atoms with Crippen LogP contribution in [0.4, 0.5) is 5.69 Å². The minimum Gasteiger partial charge on any atom is -0.396 e. The van der Waals surface area contributed by atoms with Gasteiger partial charge in [-0.05, 0) is 62.1 Å². The molecule has 1 aliphatic rings. The Morgan fingerprint density at radius 2 is 1.90 bits per heavy atom. The highest BCUT2D eigenvalue weighted by atomic mass is 35.5. The van der Waals surface area contributed by atoms with Crippen LogP contribution in [0, 0.1) is 30.1 Å². The van der Waals surface area contributed by atoms with Crippen LogP contribution in [0.25, 0.3) is 22.0 Å².